The molecule has 1 aromatic rings. The van der Waals surface area contributed by atoms with Crippen molar-refractivity contribution >= 4 is 29.3 Å². The molecular weight excluding hydrogens is 656 g/mol. The van der Waals surface area contributed by atoms with Crippen molar-refractivity contribution in [1.82, 2.24) is 25.8 Å². The number of nitrogens with zero attached hydrogens (tertiary/aromatic N) is 3. The van der Waals surface area contributed by atoms with Crippen molar-refractivity contribution in [3.63, 3.8) is 0 Å². The molecule has 1 aliphatic heterocycles. The fourth-order valence-electron chi connectivity index (χ4n) is 7.08. The first-order chi connectivity index (χ1) is 24.2. The van der Waals surface area contributed by atoms with Gasteiger partial charge in [-0.15, -0.1) is 0 Å². The molecule has 1 aromatic carbocycles. The van der Waals surface area contributed by atoms with E-state index in [1.165, 1.54) is 14.2 Å². The van der Waals surface area contributed by atoms with Gasteiger partial charge >= 0.3 is 0 Å². The number of benzene rings is 1. The highest BCUT2D eigenvalue weighted by Crippen LogP contribution is 2.29. The van der Waals surface area contributed by atoms with Gasteiger partial charge in [0.25, 0.3) is 0 Å². The van der Waals surface area contributed by atoms with Crippen molar-refractivity contribution in [3.05, 3.63) is 29.8 Å². The third kappa shape index (κ3) is 11.4. The van der Waals surface area contributed by atoms with Gasteiger partial charge in [0.05, 0.1) is 62.4 Å². The quantitative estimate of drug-likeness (QED) is 0.0899. The molecule has 2 unspecified atom stereocenters. The molecule has 4 amide bonds. The van der Waals surface area contributed by atoms with E-state index in [1.54, 1.807) is 69.1 Å². The summed E-state index contributed by atoms with van der Waals surface area (Å²) in [5.74, 6) is -1.03. The topological polar surface area (TPSA) is 171 Å². The Morgan fingerprint density at radius 3 is 2.29 bits per heavy atom. The second-order valence-corrected chi connectivity index (χ2v) is 13.8. The molecule has 288 valence electrons. The Labute approximate surface area is 304 Å². The molecule has 4 N–H and O–H groups in total. The monoisotopic (exact) mass is 718 g/mol. The standard InChI is InChI=1S/C37H62N6O8/c1-12-23(4)34(42(8)31(45)21-39-37(47)32(38-7)22(2)3)29(50-10)20-30(44)43-18-14-17-28(43)35(51-11)24(5)36(46)40-25(6)33(41-48)26-15-13-16-27(19-26)49-9/h13,15-16,19,22-25,28-29,32,34-35,38,48H,12,14,17-18,20-21H2,1-11H3,(H,39,47)(H,40,46)/b41-33-/t23-,24+,25+,28-,29+,32?,34?,35+/m0/s1. The number of oxime groups is 1. The zero-order chi connectivity index (χ0) is 38.4. The molecule has 1 aliphatic rings. The second kappa shape index (κ2) is 20.9. The Kier molecular flexibility index (Phi) is 17.8. The van der Waals surface area contributed by atoms with Gasteiger partial charge in [-0.2, -0.15) is 0 Å². The van der Waals surface area contributed by atoms with E-state index >= 15 is 0 Å². The highest BCUT2D eigenvalue weighted by Gasteiger charge is 2.42. The lowest BCUT2D eigenvalue weighted by Crippen LogP contribution is -2.55. The maximum Gasteiger partial charge on any atom is 0.242 e. The maximum atomic E-state index is 14.0. The van der Waals surface area contributed by atoms with Crippen LogP contribution in [0, 0.1) is 17.8 Å². The predicted octanol–water partition coefficient (Wildman–Crippen LogP) is 2.66. The van der Waals surface area contributed by atoms with Crippen molar-refractivity contribution in [2.24, 2.45) is 22.9 Å². The number of hydrogen-bond donors (Lipinski definition) is 4. The van der Waals surface area contributed by atoms with Crippen LogP contribution in [0.5, 0.6) is 5.75 Å². The molecule has 0 bridgehead atoms. The van der Waals surface area contributed by atoms with Crippen LogP contribution in [0.3, 0.4) is 0 Å². The molecule has 51 heavy (non-hydrogen) atoms. The van der Waals surface area contributed by atoms with E-state index in [1.807, 2.05) is 27.7 Å². The summed E-state index contributed by atoms with van der Waals surface area (Å²) < 4.78 is 17.1. The van der Waals surface area contributed by atoms with E-state index in [9.17, 15) is 24.4 Å². The van der Waals surface area contributed by atoms with Crippen LogP contribution in [0.15, 0.2) is 29.4 Å². The van der Waals surface area contributed by atoms with Gasteiger partial charge in [-0.3, -0.25) is 19.2 Å². The van der Waals surface area contributed by atoms with Crippen LogP contribution in [0.1, 0.15) is 72.8 Å². The van der Waals surface area contributed by atoms with Crippen LogP contribution in [-0.4, -0.2) is 129 Å². The first-order valence-corrected chi connectivity index (χ1v) is 17.9. The number of rotatable bonds is 20. The number of nitrogens with one attached hydrogen (secondary N) is 3. The van der Waals surface area contributed by atoms with Gasteiger partial charge in [-0.1, -0.05) is 58.3 Å². The average Bonchev–Trinajstić information content (AvgIpc) is 3.60. The summed E-state index contributed by atoms with van der Waals surface area (Å²) in [5, 5.41) is 21.9. The highest BCUT2D eigenvalue weighted by molar-refractivity contribution is 6.05. The van der Waals surface area contributed by atoms with Gasteiger partial charge in [-0.25, -0.2) is 0 Å². The van der Waals surface area contributed by atoms with Gasteiger partial charge in [-0.05, 0) is 50.8 Å². The maximum absolute atomic E-state index is 14.0. The number of carbonyl (C=O) groups excluding carboxylic acids is 4. The largest absolute Gasteiger partial charge is 0.497 e. The normalized spacial score (nSPS) is 19.0. The average molecular weight is 719 g/mol. The number of amides is 4. The van der Waals surface area contributed by atoms with Crippen LogP contribution >= 0.6 is 0 Å². The minimum atomic E-state index is -0.649. The Balaban J connectivity index is 2.18. The van der Waals surface area contributed by atoms with Crippen molar-refractivity contribution in [2.45, 2.75) is 104 Å². The number of carbonyl (C=O) groups is 4. The Bertz CT molecular complexity index is 1330. The van der Waals surface area contributed by atoms with Crippen LogP contribution in [0.25, 0.3) is 0 Å². The minimum Gasteiger partial charge on any atom is -0.497 e. The molecule has 14 heteroatoms. The van der Waals surface area contributed by atoms with E-state index in [0.29, 0.717) is 24.3 Å². The molecule has 8 atom stereocenters. The highest BCUT2D eigenvalue weighted by atomic mass is 16.5. The van der Waals surface area contributed by atoms with Gasteiger partial charge in [0.15, 0.2) is 0 Å². The molecule has 0 aromatic heterocycles. The summed E-state index contributed by atoms with van der Waals surface area (Å²) in [6, 6.07) is 5.17. The molecule has 0 aliphatic carbocycles. The lowest BCUT2D eigenvalue weighted by Gasteiger charge is -2.39. The fraction of sp³-hybridized carbons (Fsp3) is 0.703. The molecule has 1 saturated heterocycles. The Hall–Kier alpha value is -3.75. The van der Waals surface area contributed by atoms with Crippen molar-refractivity contribution in [3.8, 4) is 5.75 Å². The molecule has 0 saturated carbocycles. The summed E-state index contributed by atoms with van der Waals surface area (Å²) in [6.07, 6.45) is 0.926. The molecule has 2 rings (SSSR count). The third-order valence-corrected chi connectivity index (χ3v) is 10.2. The van der Waals surface area contributed by atoms with E-state index < -0.39 is 36.3 Å². The lowest BCUT2D eigenvalue weighted by molar-refractivity contribution is -0.145. The molecule has 14 nitrogen and oxygen atoms in total. The molecule has 1 heterocycles. The van der Waals surface area contributed by atoms with Crippen molar-refractivity contribution in [1.29, 1.82) is 0 Å². The molecular formula is C37H62N6O8. The van der Waals surface area contributed by atoms with E-state index in [4.69, 9.17) is 14.2 Å². The first-order valence-electron chi connectivity index (χ1n) is 17.9. The van der Waals surface area contributed by atoms with Gasteiger partial charge < -0.3 is 45.2 Å². The number of ether oxygens (including phenoxy) is 3. The number of likely N-dealkylation sites (N-methyl/N-ethyl adjacent to an activating group) is 2. The number of hydrogen-bond acceptors (Lipinski definition) is 10. The van der Waals surface area contributed by atoms with Gasteiger partial charge in [0.2, 0.25) is 23.6 Å². The first kappa shape index (κ1) is 43.4. The summed E-state index contributed by atoms with van der Waals surface area (Å²) in [6.45, 7) is 11.7. The Morgan fingerprint density at radius 1 is 1.06 bits per heavy atom. The predicted molar refractivity (Wildman–Crippen MR) is 196 cm³/mol. The van der Waals surface area contributed by atoms with Gasteiger partial charge in [0.1, 0.15) is 11.5 Å². The van der Waals surface area contributed by atoms with E-state index in [0.717, 1.165) is 12.8 Å². The van der Waals surface area contributed by atoms with E-state index in [2.05, 4.69) is 21.1 Å². The molecule has 1 fully saturated rings. The zero-order valence-corrected chi connectivity index (χ0v) is 32.4. The lowest BCUT2D eigenvalue weighted by atomic mass is 9.90. The molecule has 0 radical (unpaired) electrons. The van der Waals surface area contributed by atoms with Crippen molar-refractivity contribution in [2.75, 3.05) is 48.5 Å². The van der Waals surface area contributed by atoms with Crippen LogP contribution in [0.2, 0.25) is 0 Å². The smallest absolute Gasteiger partial charge is 0.242 e. The Morgan fingerprint density at radius 2 is 1.75 bits per heavy atom. The van der Waals surface area contributed by atoms with E-state index in [-0.39, 0.29) is 60.2 Å². The SMILES string of the molecule is CC[C@H](C)C([C@@H](CC(=O)N1CCC[C@H]1[C@H](OC)[C@@H](C)C(=O)N[C@H](C)/C(=N/O)c1cccc(OC)c1)OC)N(C)C(=O)CNC(=O)C(NC)C(C)C. The third-order valence-electron chi connectivity index (χ3n) is 10.2. The summed E-state index contributed by atoms with van der Waals surface area (Å²) >= 11 is 0. The molecule has 0 spiro atoms. The fourth-order valence-corrected chi connectivity index (χ4v) is 7.08. The van der Waals surface area contributed by atoms with Crippen molar-refractivity contribution < 1.29 is 38.6 Å². The second-order valence-electron chi connectivity index (χ2n) is 13.8. The summed E-state index contributed by atoms with van der Waals surface area (Å²) in [5.41, 5.74) is 0.869. The number of likely N-dealkylation sites (tertiary alicyclic amines) is 1. The van der Waals surface area contributed by atoms with Gasteiger partial charge in [0, 0.05) is 33.4 Å². The van der Waals surface area contributed by atoms with Crippen LogP contribution in [0.4, 0.5) is 0 Å². The number of methoxy groups -OCH3 is 3. The minimum absolute atomic E-state index is 0.00995. The summed E-state index contributed by atoms with van der Waals surface area (Å²) in [7, 11) is 8.01. The van der Waals surface area contributed by atoms with Crippen LogP contribution in [-0.2, 0) is 28.7 Å². The zero-order valence-electron chi connectivity index (χ0n) is 32.4. The van der Waals surface area contributed by atoms with Crippen LogP contribution < -0.4 is 20.7 Å². The summed E-state index contributed by atoms with van der Waals surface area (Å²) in [4.78, 5) is 57.0.